The van der Waals surface area contributed by atoms with Crippen molar-refractivity contribution in [1.82, 2.24) is 0 Å². The van der Waals surface area contributed by atoms with Crippen LogP contribution in [0.4, 0.5) is 5.69 Å². The van der Waals surface area contributed by atoms with Crippen LogP contribution in [-0.2, 0) is 16.4 Å². The Morgan fingerprint density at radius 2 is 1.92 bits per heavy atom. The number of benzene rings is 2. The fourth-order valence-corrected chi connectivity index (χ4v) is 4.05. The second-order valence-electron chi connectivity index (χ2n) is 6.30. The van der Waals surface area contributed by atoms with Crippen LogP contribution in [0.3, 0.4) is 0 Å². The van der Waals surface area contributed by atoms with E-state index >= 15 is 0 Å². The second kappa shape index (κ2) is 6.35. The van der Waals surface area contributed by atoms with Crippen molar-refractivity contribution in [3.05, 3.63) is 63.7 Å². The zero-order chi connectivity index (χ0) is 18.4. The van der Waals surface area contributed by atoms with Gasteiger partial charge in [-0.25, -0.2) is 8.42 Å². The van der Waals surface area contributed by atoms with Gasteiger partial charge in [-0.2, -0.15) is 0 Å². The van der Waals surface area contributed by atoms with Gasteiger partial charge in [0.25, 0.3) is 0 Å². The van der Waals surface area contributed by atoms with Gasteiger partial charge in [0, 0.05) is 23.6 Å². The molecule has 3 rings (SSSR count). The number of carbonyl (C=O) groups is 1. The highest BCUT2D eigenvalue weighted by molar-refractivity contribution is 7.92. The van der Waals surface area contributed by atoms with Crippen LogP contribution < -0.4 is 10.0 Å². The van der Waals surface area contributed by atoms with Gasteiger partial charge in [-0.3, -0.25) is 9.10 Å². The van der Waals surface area contributed by atoms with Crippen LogP contribution in [0, 0.1) is 0 Å². The van der Waals surface area contributed by atoms with E-state index in [1.165, 1.54) is 11.4 Å². The molecule has 2 aromatic rings. The molecule has 0 aliphatic heterocycles. The highest BCUT2D eigenvalue weighted by Crippen LogP contribution is 2.41. The van der Waals surface area contributed by atoms with Gasteiger partial charge in [0.15, 0.2) is 0 Å². The molecule has 0 radical (unpaired) electrons. The Morgan fingerprint density at radius 3 is 2.56 bits per heavy atom. The molecule has 2 aromatic carbocycles. The molecule has 1 unspecified atom stereocenters. The molecule has 1 aliphatic rings. The molecule has 0 fully saturated rings. The molecule has 0 saturated carbocycles. The summed E-state index contributed by atoms with van der Waals surface area (Å²) in [5.74, 6) is -0.534. The first kappa shape index (κ1) is 17.8. The molecule has 7 heteroatoms. The normalized spacial score (nSPS) is 16.5. The summed E-state index contributed by atoms with van der Waals surface area (Å²) in [5.41, 5.74) is 9.47. The van der Waals surface area contributed by atoms with Crippen LogP contribution in [0.2, 0.25) is 5.02 Å². The van der Waals surface area contributed by atoms with E-state index in [1.807, 2.05) is 18.2 Å². The lowest BCUT2D eigenvalue weighted by atomic mass is 9.88. The maximum atomic E-state index is 11.9. The SMILES string of the molecule is CN(c1ccc(C(N)=O)c(C2CCc3cc(Cl)ccc32)c1)S(C)(=O)=O. The van der Waals surface area contributed by atoms with Crippen molar-refractivity contribution in [2.24, 2.45) is 5.73 Å². The van der Waals surface area contributed by atoms with E-state index in [9.17, 15) is 13.2 Å². The fraction of sp³-hybridized carbons (Fsp3) is 0.278. The van der Waals surface area contributed by atoms with Gasteiger partial charge < -0.3 is 5.73 Å². The number of hydrogen-bond donors (Lipinski definition) is 1. The van der Waals surface area contributed by atoms with Crippen molar-refractivity contribution in [1.29, 1.82) is 0 Å². The molecule has 0 aromatic heterocycles. The average Bonchev–Trinajstić information content (AvgIpc) is 2.95. The Hall–Kier alpha value is -2.05. The largest absolute Gasteiger partial charge is 0.366 e. The highest BCUT2D eigenvalue weighted by atomic mass is 35.5. The molecule has 0 saturated heterocycles. The van der Waals surface area contributed by atoms with Gasteiger partial charge in [0.1, 0.15) is 0 Å². The Kier molecular flexibility index (Phi) is 4.51. The minimum Gasteiger partial charge on any atom is -0.366 e. The maximum Gasteiger partial charge on any atom is 0.249 e. The lowest BCUT2D eigenvalue weighted by Gasteiger charge is -2.21. The summed E-state index contributed by atoms with van der Waals surface area (Å²) >= 11 is 6.07. The standard InChI is InChI=1S/C18H19ClN2O3S/c1-21(25(2,23)24)13-5-8-16(18(20)22)17(10-13)15-6-3-11-9-12(19)4-7-14(11)15/h4-5,7-10,15H,3,6H2,1-2H3,(H2,20,22). The van der Waals surface area contributed by atoms with E-state index in [1.54, 1.807) is 18.2 Å². The third-order valence-electron chi connectivity index (χ3n) is 4.72. The van der Waals surface area contributed by atoms with Gasteiger partial charge in [0.2, 0.25) is 15.9 Å². The number of fused-ring (bicyclic) bond motifs is 1. The van der Waals surface area contributed by atoms with E-state index in [4.69, 9.17) is 17.3 Å². The molecule has 5 nitrogen and oxygen atoms in total. The Morgan fingerprint density at radius 1 is 1.20 bits per heavy atom. The third-order valence-corrected chi connectivity index (χ3v) is 6.16. The lowest BCUT2D eigenvalue weighted by Crippen LogP contribution is -2.25. The first-order valence-corrected chi connectivity index (χ1v) is 10.1. The van der Waals surface area contributed by atoms with E-state index in [-0.39, 0.29) is 5.92 Å². The van der Waals surface area contributed by atoms with Crippen LogP contribution in [0.25, 0.3) is 0 Å². The number of anilines is 1. The predicted octanol–water partition coefficient (Wildman–Crippen LogP) is 2.91. The molecule has 0 bridgehead atoms. The van der Waals surface area contributed by atoms with E-state index < -0.39 is 15.9 Å². The monoisotopic (exact) mass is 378 g/mol. The minimum absolute atomic E-state index is 0.0114. The van der Waals surface area contributed by atoms with Crippen molar-refractivity contribution < 1.29 is 13.2 Å². The van der Waals surface area contributed by atoms with Crippen molar-refractivity contribution in [3.63, 3.8) is 0 Å². The first-order chi connectivity index (χ1) is 11.7. The number of halogens is 1. The molecular formula is C18H19ClN2O3S. The highest BCUT2D eigenvalue weighted by Gasteiger charge is 2.28. The van der Waals surface area contributed by atoms with Crippen molar-refractivity contribution in [2.45, 2.75) is 18.8 Å². The summed E-state index contributed by atoms with van der Waals surface area (Å²) in [7, 11) is -1.91. The molecule has 1 aliphatic carbocycles. The van der Waals surface area contributed by atoms with Gasteiger partial charge >= 0.3 is 0 Å². The first-order valence-electron chi connectivity index (χ1n) is 7.84. The Balaban J connectivity index is 2.14. The number of carbonyl (C=O) groups excluding carboxylic acids is 1. The molecule has 1 amide bonds. The third kappa shape index (κ3) is 3.37. The molecule has 25 heavy (non-hydrogen) atoms. The summed E-state index contributed by atoms with van der Waals surface area (Å²) in [6.45, 7) is 0. The summed E-state index contributed by atoms with van der Waals surface area (Å²) in [6, 6.07) is 10.7. The van der Waals surface area contributed by atoms with Crippen LogP contribution in [0.15, 0.2) is 36.4 Å². The molecule has 2 N–H and O–H groups in total. The lowest BCUT2D eigenvalue weighted by molar-refractivity contribution is 0.0999. The van der Waals surface area contributed by atoms with E-state index in [0.29, 0.717) is 16.3 Å². The zero-order valence-electron chi connectivity index (χ0n) is 14.0. The quantitative estimate of drug-likeness (QED) is 0.888. The number of rotatable bonds is 4. The Bertz CT molecular complexity index is 957. The fourth-order valence-electron chi connectivity index (χ4n) is 3.36. The summed E-state index contributed by atoms with van der Waals surface area (Å²) in [5, 5.41) is 0.681. The topological polar surface area (TPSA) is 80.5 Å². The van der Waals surface area contributed by atoms with Crippen LogP contribution in [0.1, 0.15) is 39.4 Å². The number of amides is 1. The predicted molar refractivity (Wildman–Crippen MR) is 99.8 cm³/mol. The van der Waals surface area contributed by atoms with E-state index in [2.05, 4.69) is 0 Å². The Labute approximate surface area is 152 Å². The van der Waals surface area contributed by atoms with Crippen molar-refractivity contribution >= 4 is 33.2 Å². The molecule has 0 spiro atoms. The molecule has 1 atom stereocenters. The van der Waals surface area contributed by atoms with Gasteiger partial charge in [-0.15, -0.1) is 0 Å². The minimum atomic E-state index is -3.40. The smallest absolute Gasteiger partial charge is 0.249 e. The molecule has 132 valence electrons. The summed E-state index contributed by atoms with van der Waals surface area (Å²) in [6.07, 6.45) is 2.81. The van der Waals surface area contributed by atoms with E-state index in [0.717, 1.165) is 35.8 Å². The number of nitrogens with zero attached hydrogens (tertiary/aromatic N) is 1. The number of sulfonamides is 1. The van der Waals surface area contributed by atoms with Crippen LogP contribution in [0.5, 0.6) is 0 Å². The van der Waals surface area contributed by atoms with Gasteiger partial charge in [-0.05, 0) is 59.9 Å². The van der Waals surface area contributed by atoms with Crippen molar-refractivity contribution in [3.8, 4) is 0 Å². The second-order valence-corrected chi connectivity index (χ2v) is 8.75. The van der Waals surface area contributed by atoms with Gasteiger partial charge in [0.05, 0.1) is 11.9 Å². The van der Waals surface area contributed by atoms with Crippen LogP contribution >= 0.6 is 11.6 Å². The molecular weight excluding hydrogens is 360 g/mol. The number of hydrogen-bond acceptors (Lipinski definition) is 3. The van der Waals surface area contributed by atoms with Crippen molar-refractivity contribution in [2.75, 3.05) is 17.6 Å². The number of primary amides is 1. The van der Waals surface area contributed by atoms with Gasteiger partial charge in [-0.1, -0.05) is 17.7 Å². The van der Waals surface area contributed by atoms with Crippen LogP contribution in [-0.4, -0.2) is 27.6 Å². The summed E-state index contributed by atoms with van der Waals surface area (Å²) in [4.78, 5) is 11.9. The zero-order valence-corrected chi connectivity index (χ0v) is 15.6. The maximum absolute atomic E-state index is 11.9. The average molecular weight is 379 g/mol. The number of nitrogens with two attached hydrogens (primary N) is 1. The number of aryl methyl sites for hydroxylation is 1. The molecule has 0 heterocycles. The summed E-state index contributed by atoms with van der Waals surface area (Å²) < 4.78 is 24.9.